The van der Waals surface area contributed by atoms with Crippen molar-refractivity contribution in [3.05, 3.63) is 54.1 Å². The number of carboxylic acid groups (broad SMARTS) is 1. The number of carboxylic acids is 1. The average Bonchev–Trinajstić information content (AvgIpc) is 2.45. The van der Waals surface area contributed by atoms with Crippen LogP contribution < -0.4 is 4.74 Å². The molecule has 0 fully saturated rings. The van der Waals surface area contributed by atoms with E-state index in [-0.39, 0.29) is 11.5 Å². The number of rotatable bonds is 7. The Hall–Kier alpha value is -2.07. The average molecular weight is 290 g/mol. The van der Waals surface area contributed by atoms with Gasteiger partial charge >= 0.3 is 5.97 Å². The minimum atomic E-state index is -0.962. The van der Waals surface area contributed by atoms with Crippen LogP contribution in [-0.4, -0.2) is 25.3 Å². The van der Waals surface area contributed by atoms with Gasteiger partial charge in [0.05, 0.1) is 13.2 Å². The number of aliphatic carboxylic acids is 1. The van der Waals surface area contributed by atoms with Crippen molar-refractivity contribution in [2.75, 3.05) is 14.2 Å². The molecule has 0 amide bonds. The molecule has 21 heavy (non-hydrogen) atoms. The third kappa shape index (κ3) is 5.08. The summed E-state index contributed by atoms with van der Waals surface area (Å²) in [5, 5.41) is 8.57. The summed E-state index contributed by atoms with van der Waals surface area (Å²) in [7, 11) is 3.29. The van der Waals surface area contributed by atoms with Gasteiger partial charge in [-0.15, -0.1) is 0 Å². The van der Waals surface area contributed by atoms with Crippen molar-refractivity contribution in [2.24, 2.45) is 5.41 Å². The van der Waals surface area contributed by atoms with Gasteiger partial charge in [-0.05, 0) is 17.7 Å². The van der Waals surface area contributed by atoms with Crippen molar-refractivity contribution in [1.82, 2.24) is 0 Å². The van der Waals surface area contributed by atoms with Gasteiger partial charge in [-0.1, -0.05) is 44.2 Å². The Morgan fingerprint density at radius 3 is 2.29 bits per heavy atom. The molecule has 114 valence electrons. The molecule has 0 aliphatic carbocycles. The molecule has 0 spiro atoms. The fourth-order valence-electron chi connectivity index (χ4n) is 2.18. The van der Waals surface area contributed by atoms with Gasteiger partial charge in [0, 0.05) is 18.6 Å². The van der Waals surface area contributed by atoms with E-state index in [2.05, 4.69) is 0 Å². The molecule has 0 saturated heterocycles. The molecule has 0 saturated carbocycles. The molecular weight excluding hydrogens is 268 g/mol. The van der Waals surface area contributed by atoms with Crippen LogP contribution in [0.15, 0.2) is 48.6 Å². The molecule has 0 heterocycles. The Bertz CT molecular complexity index is 512. The maximum Gasteiger partial charge on any atom is 0.328 e. The van der Waals surface area contributed by atoms with E-state index in [0.717, 1.165) is 17.4 Å². The van der Waals surface area contributed by atoms with Crippen molar-refractivity contribution >= 4 is 5.97 Å². The van der Waals surface area contributed by atoms with Gasteiger partial charge in [-0.3, -0.25) is 0 Å². The molecule has 1 unspecified atom stereocenters. The van der Waals surface area contributed by atoms with Gasteiger partial charge < -0.3 is 14.6 Å². The molecule has 1 N–H and O–H groups in total. The Kier molecular flexibility index (Phi) is 6.18. The van der Waals surface area contributed by atoms with Crippen LogP contribution >= 0.6 is 0 Å². The van der Waals surface area contributed by atoms with Gasteiger partial charge in [0.25, 0.3) is 0 Å². The first-order chi connectivity index (χ1) is 9.90. The monoisotopic (exact) mass is 290 g/mol. The lowest BCUT2D eigenvalue weighted by Crippen LogP contribution is -2.21. The van der Waals surface area contributed by atoms with Gasteiger partial charge in [0.15, 0.2) is 0 Å². The highest BCUT2D eigenvalue weighted by atomic mass is 16.5. The summed E-state index contributed by atoms with van der Waals surface area (Å²) in [4.78, 5) is 10.4. The van der Waals surface area contributed by atoms with Crippen molar-refractivity contribution < 1.29 is 19.4 Å². The highest BCUT2D eigenvalue weighted by molar-refractivity contribution is 5.80. The van der Waals surface area contributed by atoms with Crippen LogP contribution in [-0.2, 0) is 9.53 Å². The number of methoxy groups -OCH3 is 2. The van der Waals surface area contributed by atoms with Crippen LogP contribution in [0.5, 0.6) is 5.75 Å². The maximum absolute atomic E-state index is 10.4. The summed E-state index contributed by atoms with van der Waals surface area (Å²) in [6, 6.07) is 7.72. The molecule has 1 atom stereocenters. The number of ether oxygens (including phenoxy) is 2. The summed E-state index contributed by atoms with van der Waals surface area (Å²) in [5.41, 5.74) is 0.752. The number of hydrogen-bond donors (Lipinski definition) is 1. The van der Waals surface area contributed by atoms with Crippen LogP contribution in [0.4, 0.5) is 0 Å². The Morgan fingerprint density at radius 2 is 1.81 bits per heavy atom. The largest absolute Gasteiger partial charge is 0.497 e. The molecule has 4 heteroatoms. The molecule has 0 aliphatic rings. The standard InChI is InChI=1S/C17H22O4/c1-17(2,12-6-5-7-15(18)19)16(21-4)13-8-10-14(20-3)11-9-13/h5-12,16H,1-4H3,(H,18,19)/b7-5+,12-6+. The quantitative estimate of drug-likeness (QED) is 0.615. The minimum absolute atomic E-state index is 0.141. The van der Waals surface area contributed by atoms with Gasteiger partial charge in [0.1, 0.15) is 5.75 Å². The summed E-state index contributed by atoms with van der Waals surface area (Å²) in [6.45, 7) is 4.08. The van der Waals surface area contributed by atoms with E-state index in [1.807, 2.05) is 44.2 Å². The molecule has 1 rings (SSSR count). The van der Waals surface area contributed by atoms with Crippen LogP contribution in [0.1, 0.15) is 25.5 Å². The van der Waals surface area contributed by atoms with Gasteiger partial charge in [-0.25, -0.2) is 4.79 Å². The topological polar surface area (TPSA) is 55.8 Å². The Balaban J connectivity index is 2.92. The lowest BCUT2D eigenvalue weighted by molar-refractivity contribution is -0.131. The van der Waals surface area contributed by atoms with E-state index in [1.165, 1.54) is 6.08 Å². The zero-order valence-corrected chi connectivity index (χ0v) is 12.9. The second-order valence-electron chi connectivity index (χ2n) is 5.27. The molecule has 1 aromatic rings. The third-order valence-corrected chi connectivity index (χ3v) is 3.21. The van der Waals surface area contributed by atoms with Crippen LogP contribution in [0, 0.1) is 5.41 Å². The summed E-state index contributed by atoms with van der Waals surface area (Å²) >= 11 is 0. The van der Waals surface area contributed by atoms with Crippen molar-refractivity contribution in [1.29, 1.82) is 0 Å². The van der Waals surface area contributed by atoms with E-state index < -0.39 is 5.97 Å². The fourth-order valence-corrected chi connectivity index (χ4v) is 2.18. The number of hydrogen-bond acceptors (Lipinski definition) is 3. The fraction of sp³-hybridized carbons (Fsp3) is 0.353. The lowest BCUT2D eigenvalue weighted by Gasteiger charge is -2.31. The molecule has 0 bridgehead atoms. The predicted molar refractivity (Wildman–Crippen MR) is 82.4 cm³/mol. The summed E-state index contributed by atoms with van der Waals surface area (Å²) in [6.07, 6.45) is 6.12. The van der Waals surface area contributed by atoms with E-state index >= 15 is 0 Å². The molecular formula is C17H22O4. The number of carbonyl (C=O) groups is 1. The van der Waals surface area contributed by atoms with E-state index in [1.54, 1.807) is 20.3 Å². The normalized spacial score (nSPS) is 13.7. The van der Waals surface area contributed by atoms with Crippen molar-refractivity contribution in [3.63, 3.8) is 0 Å². The van der Waals surface area contributed by atoms with E-state index in [4.69, 9.17) is 14.6 Å². The third-order valence-electron chi connectivity index (χ3n) is 3.21. The smallest absolute Gasteiger partial charge is 0.328 e. The predicted octanol–water partition coefficient (Wildman–Crippen LogP) is 3.61. The van der Waals surface area contributed by atoms with Crippen LogP contribution in [0.25, 0.3) is 0 Å². The molecule has 0 aliphatic heterocycles. The van der Waals surface area contributed by atoms with Crippen molar-refractivity contribution in [2.45, 2.75) is 20.0 Å². The zero-order valence-electron chi connectivity index (χ0n) is 12.9. The molecule has 0 aromatic heterocycles. The molecule has 1 aromatic carbocycles. The second-order valence-corrected chi connectivity index (χ2v) is 5.27. The summed E-state index contributed by atoms with van der Waals surface area (Å²) < 4.78 is 10.8. The van der Waals surface area contributed by atoms with E-state index in [9.17, 15) is 4.79 Å². The van der Waals surface area contributed by atoms with Gasteiger partial charge in [0.2, 0.25) is 0 Å². The number of benzene rings is 1. The SMILES string of the molecule is COc1ccc(C(OC)C(C)(C)/C=C/C=C/C(=O)O)cc1. The lowest BCUT2D eigenvalue weighted by atomic mass is 9.82. The molecule has 4 nitrogen and oxygen atoms in total. The Labute approximate surface area is 125 Å². The van der Waals surface area contributed by atoms with Crippen LogP contribution in [0.3, 0.4) is 0 Å². The second kappa shape index (κ2) is 7.64. The first kappa shape index (κ1) is 17.0. The van der Waals surface area contributed by atoms with E-state index in [0.29, 0.717) is 0 Å². The highest BCUT2D eigenvalue weighted by Crippen LogP contribution is 2.37. The Morgan fingerprint density at radius 1 is 1.19 bits per heavy atom. The number of allylic oxidation sites excluding steroid dienone is 2. The minimum Gasteiger partial charge on any atom is -0.497 e. The van der Waals surface area contributed by atoms with Crippen molar-refractivity contribution in [3.8, 4) is 5.75 Å². The zero-order chi connectivity index (χ0) is 15.9. The molecule has 0 radical (unpaired) electrons. The van der Waals surface area contributed by atoms with Crippen LogP contribution in [0.2, 0.25) is 0 Å². The highest BCUT2D eigenvalue weighted by Gasteiger charge is 2.28. The first-order valence-corrected chi connectivity index (χ1v) is 6.66. The maximum atomic E-state index is 10.4. The van der Waals surface area contributed by atoms with Gasteiger partial charge in [-0.2, -0.15) is 0 Å². The first-order valence-electron chi connectivity index (χ1n) is 6.66. The summed E-state index contributed by atoms with van der Waals surface area (Å²) in [5.74, 6) is -0.165.